The van der Waals surface area contributed by atoms with Crippen molar-refractivity contribution in [3.63, 3.8) is 0 Å². The molecule has 1 heterocycles. The maximum atomic E-state index is 10.9. The number of nitrogens with two attached hydrogens (primary N) is 1. The van der Waals surface area contributed by atoms with Gasteiger partial charge in [0.25, 0.3) is 10.1 Å². The van der Waals surface area contributed by atoms with E-state index in [4.69, 9.17) is 5.73 Å². The Morgan fingerprint density at radius 3 is 2.69 bits per heavy atom. The zero-order valence-corrected chi connectivity index (χ0v) is 9.49. The highest BCUT2D eigenvalue weighted by atomic mass is 32.2. The molecule has 0 bridgehead atoms. The SMILES string of the molecule is CS(=O)(=O)OC(N)c1cc2ccccc2[nH]1. The molecule has 1 unspecified atom stereocenters. The molecule has 0 aliphatic carbocycles. The van der Waals surface area contributed by atoms with Gasteiger partial charge in [-0.05, 0) is 17.5 Å². The van der Waals surface area contributed by atoms with Gasteiger partial charge in [-0.15, -0.1) is 0 Å². The summed E-state index contributed by atoms with van der Waals surface area (Å²) in [7, 11) is -3.55. The normalized spacial score (nSPS) is 14.1. The summed E-state index contributed by atoms with van der Waals surface area (Å²) in [6.45, 7) is 0. The predicted octanol–water partition coefficient (Wildman–Crippen LogP) is 1.10. The van der Waals surface area contributed by atoms with Crippen molar-refractivity contribution in [1.82, 2.24) is 4.98 Å². The van der Waals surface area contributed by atoms with Crippen LogP contribution in [-0.2, 0) is 14.3 Å². The second kappa shape index (κ2) is 3.89. The van der Waals surface area contributed by atoms with Crippen molar-refractivity contribution in [2.45, 2.75) is 6.23 Å². The van der Waals surface area contributed by atoms with Gasteiger partial charge in [0.2, 0.25) is 0 Å². The zero-order chi connectivity index (χ0) is 11.8. The lowest BCUT2D eigenvalue weighted by Crippen LogP contribution is -2.18. The van der Waals surface area contributed by atoms with E-state index in [1.807, 2.05) is 24.3 Å². The smallest absolute Gasteiger partial charge is 0.266 e. The fraction of sp³-hybridized carbons (Fsp3) is 0.200. The van der Waals surface area contributed by atoms with Crippen LogP contribution in [0.25, 0.3) is 10.9 Å². The van der Waals surface area contributed by atoms with Gasteiger partial charge in [-0.25, -0.2) is 4.18 Å². The number of hydrogen-bond donors (Lipinski definition) is 2. The number of hydrogen-bond acceptors (Lipinski definition) is 4. The van der Waals surface area contributed by atoms with Crippen molar-refractivity contribution in [3.05, 3.63) is 36.0 Å². The molecule has 0 saturated heterocycles. The molecule has 6 heteroatoms. The molecule has 5 nitrogen and oxygen atoms in total. The third kappa shape index (κ3) is 2.41. The van der Waals surface area contributed by atoms with Crippen molar-refractivity contribution in [2.24, 2.45) is 5.73 Å². The fourth-order valence-electron chi connectivity index (χ4n) is 1.49. The average molecular weight is 240 g/mol. The number of rotatable bonds is 3. The van der Waals surface area contributed by atoms with Gasteiger partial charge >= 0.3 is 0 Å². The second-order valence-electron chi connectivity index (χ2n) is 3.53. The summed E-state index contributed by atoms with van der Waals surface area (Å²) in [6.07, 6.45) is -0.0300. The molecule has 1 aromatic carbocycles. The largest absolute Gasteiger partial charge is 0.355 e. The van der Waals surface area contributed by atoms with Gasteiger partial charge in [-0.3, -0.25) is 5.73 Å². The molecule has 0 radical (unpaired) electrons. The van der Waals surface area contributed by atoms with Crippen LogP contribution in [0, 0.1) is 0 Å². The molecule has 0 aliphatic rings. The number of H-pyrrole nitrogens is 1. The Labute approximate surface area is 93.3 Å². The van der Waals surface area contributed by atoms with Gasteiger partial charge in [0.05, 0.1) is 11.9 Å². The summed E-state index contributed by atoms with van der Waals surface area (Å²) in [5.74, 6) is 0. The van der Waals surface area contributed by atoms with Gasteiger partial charge in [0, 0.05) is 5.52 Å². The summed E-state index contributed by atoms with van der Waals surface area (Å²) in [5, 5.41) is 0.963. The molecule has 0 spiro atoms. The van der Waals surface area contributed by atoms with Gasteiger partial charge in [0.15, 0.2) is 6.23 Å². The molecule has 0 fully saturated rings. The lowest BCUT2D eigenvalue weighted by atomic mass is 10.2. The number of benzene rings is 1. The Balaban J connectivity index is 2.33. The molecule has 0 aliphatic heterocycles. The van der Waals surface area contributed by atoms with Crippen LogP contribution in [0.3, 0.4) is 0 Å². The molecule has 3 N–H and O–H groups in total. The first-order valence-electron chi connectivity index (χ1n) is 4.67. The van der Waals surface area contributed by atoms with E-state index in [-0.39, 0.29) is 0 Å². The van der Waals surface area contributed by atoms with Crippen LogP contribution < -0.4 is 5.73 Å². The minimum Gasteiger partial charge on any atom is -0.355 e. The fourth-order valence-corrected chi connectivity index (χ4v) is 1.97. The van der Waals surface area contributed by atoms with E-state index in [1.165, 1.54) is 0 Å². The van der Waals surface area contributed by atoms with Gasteiger partial charge in [-0.1, -0.05) is 18.2 Å². The third-order valence-corrected chi connectivity index (χ3v) is 2.69. The predicted molar refractivity (Wildman–Crippen MR) is 61.2 cm³/mol. The van der Waals surface area contributed by atoms with Crippen molar-refractivity contribution < 1.29 is 12.6 Å². The monoisotopic (exact) mass is 240 g/mol. The summed E-state index contributed by atoms with van der Waals surface area (Å²) >= 11 is 0. The topological polar surface area (TPSA) is 85.2 Å². The molecule has 86 valence electrons. The lowest BCUT2D eigenvalue weighted by Gasteiger charge is -2.08. The van der Waals surface area contributed by atoms with Crippen LogP contribution >= 0.6 is 0 Å². The van der Waals surface area contributed by atoms with Crippen LogP contribution in [0.1, 0.15) is 11.9 Å². The van der Waals surface area contributed by atoms with E-state index >= 15 is 0 Å². The molecule has 16 heavy (non-hydrogen) atoms. The highest BCUT2D eigenvalue weighted by molar-refractivity contribution is 7.86. The third-order valence-electron chi connectivity index (χ3n) is 2.14. The quantitative estimate of drug-likeness (QED) is 0.621. The molecule has 2 aromatic rings. The molecule has 0 amide bonds. The van der Waals surface area contributed by atoms with E-state index in [1.54, 1.807) is 6.07 Å². The first kappa shape index (κ1) is 11.1. The van der Waals surface area contributed by atoms with E-state index < -0.39 is 16.3 Å². The molecule has 0 saturated carbocycles. The molecular weight excluding hydrogens is 228 g/mol. The molecule has 2 rings (SSSR count). The number of aromatic amines is 1. The zero-order valence-electron chi connectivity index (χ0n) is 8.67. The minimum absolute atomic E-state index is 0.534. The van der Waals surface area contributed by atoms with Gasteiger partial charge in [-0.2, -0.15) is 8.42 Å². The Kier molecular flexibility index (Phi) is 2.71. The first-order chi connectivity index (χ1) is 7.46. The standard InChI is InChI=1S/C10H12N2O3S/c1-16(13,14)15-10(11)9-6-7-4-2-3-5-8(7)12-9/h2-6,10,12H,11H2,1H3. The Bertz CT molecular complexity index is 570. The maximum Gasteiger partial charge on any atom is 0.266 e. The Hall–Kier alpha value is -1.37. The highest BCUT2D eigenvalue weighted by Gasteiger charge is 2.14. The number of aromatic nitrogens is 1. The summed E-state index contributed by atoms with van der Waals surface area (Å²) in [4.78, 5) is 3.00. The van der Waals surface area contributed by atoms with Gasteiger partial charge in [0.1, 0.15) is 0 Å². The van der Waals surface area contributed by atoms with E-state index in [9.17, 15) is 8.42 Å². The number of fused-ring (bicyclic) bond motifs is 1. The van der Waals surface area contributed by atoms with E-state index in [0.717, 1.165) is 17.2 Å². The van der Waals surface area contributed by atoms with Crippen LogP contribution in [0.2, 0.25) is 0 Å². The minimum atomic E-state index is -3.55. The first-order valence-corrected chi connectivity index (χ1v) is 6.49. The van der Waals surface area contributed by atoms with E-state index in [2.05, 4.69) is 9.17 Å². The van der Waals surface area contributed by atoms with Crippen molar-refractivity contribution in [1.29, 1.82) is 0 Å². The number of nitrogens with one attached hydrogen (secondary N) is 1. The van der Waals surface area contributed by atoms with Gasteiger partial charge < -0.3 is 4.98 Å². The van der Waals surface area contributed by atoms with Crippen LogP contribution in [0.15, 0.2) is 30.3 Å². The van der Waals surface area contributed by atoms with Crippen molar-refractivity contribution in [3.8, 4) is 0 Å². The summed E-state index contributed by atoms with van der Waals surface area (Å²) in [6, 6.07) is 9.33. The molecule has 1 aromatic heterocycles. The Morgan fingerprint density at radius 2 is 2.06 bits per heavy atom. The molecule has 1 atom stereocenters. The average Bonchev–Trinajstić information content (AvgIpc) is 2.58. The number of para-hydroxylation sites is 1. The van der Waals surface area contributed by atoms with Crippen molar-refractivity contribution >= 4 is 21.0 Å². The van der Waals surface area contributed by atoms with Crippen molar-refractivity contribution in [2.75, 3.05) is 6.26 Å². The maximum absolute atomic E-state index is 10.9. The Morgan fingerprint density at radius 1 is 1.38 bits per heavy atom. The second-order valence-corrected chi connectivity index (χ2v) is 5.13. The lowest BCUT2D eigenvalue weighted by molar-refractivity contribution is 0.220. The van der Waals surface area contributed by atoms with E-state index in [0.29, 0.717) is 5.69 Å². The van der Waals surface area contributed by atoms with Crippen LogP contribution in [0.4, 0.5) is 0 Å². The van der Waals surface area contributed by atoms with Crippen LogP contribution in [0.5, 0.6) is 0 Å². The summed E-state index contributed by atoms with van der Waals surface area (Å²) < 4.78 is 26.5. The highest BCUT2D eigenvalue weighted by Crippen LogP contribution is 2.20. The summed E-state index contributed by atoms with van der Waals surface area (Å²) in [5.41, 5.74) is 7.04. The molecular formula is C10H12N2O3S. The van der Waals surface area contributed by atoms with Crippen LogP contribution in [-0.4, -0.2) is 19.7 Å².